The fraction of sp³-hybridized carbons (Fsp3) is 0.304. The summed E-state index contributed by atoms with van der Waals surface area (Å²) in [4.78, 5) is 10.0. The topological polar surface area (TPSA) is 85.2 Å². The number of pyridine rings is 1. The van der Waals surface area contributed by atoms with Crippen LogP contribution < -0.4 is 0 Å². The van der Waals surface area contributed by atoms with Crippen molar-refractivity contribution >= 4 is 17.1 Å². The predicted octanol–water partition coefficient (Wildman–Crippen LogP) is 4.18. The molecule has 3 heterocycles. The van der Waals surface area contributed by atoms with E-state index in [-0.39, 0.29) is 11.3 Å². The van der Waals surface area contributed by atoms with Crippen LogP contribution in [0.4, 0.5) is 0 Å². The smallest absolute Gasteiger partial charge is 0.137 e. The number of nitrogens with one attached hydrogen (secondary N) is 1. The number of rotatable bonds is 4. The molecule has 150 valence electrons. The van der Waals surface area contributed by atoms with Crippen LogP contribution in [0.2, 0.25) is 0 Å². The molecular formula is C23H26N4O2. The Balaban J connectivity index is 0.00000117. The van der Waals surface area contributed by atoms with Gasteiger partial charge in [0.25, 0.3) is 0 Å². The van der Waals surface area contributed by atoms with Crippen LogP contribution in [-0.4, -0.2) is 52.8 Å². The van der Waals surface area contributed by atoms with E-state index in [2.05, 4.69) is 33.1 Å². The van der Waals surface area contributed by atoms with Gasteiger partial charge in [0.2, 0.25) is 0 Å². The molecule has 0 aliphatic carbocycles. The summed E-state index contributed by atoms with van der Waals surface area (Å²) in [5.74, 6) is -0.00838. The number of nitrogens with zero attached hydrogens (tertiary/aromatic N) is 3. The minimum Gasteiger partial charge on any atom is -0.507 e. The number of phenols is 1. The number of phenolic OH excluding ortho intramolecular Hbond substituents is 1. The molecule has 2 N–H and O–H groups in total. The van der Waals surface area contributed by atoms with Crippen molar-refractivity contribution < 1.29 is 9.84 Å². The summed E-state index contributed by atoms with van der Waals surface area (Å²) in [6, 6.07) is 9.15. The van der Waals surface area contributed by atoms with Crippen molar-refractivity contribution in [2.75, 3.05) is 32.8 Å². The molecule has 1 fully saturated rings. The normalized spacial score (nSPS) is 14.5. The van der Waals surface area contributed by atoms with Crippen molar-refractivity contribution in [3.8, 4) is 22.9 Å². The SMILES string of the molecule is CC.N#Cc1cc(-c2c[nH]c3ncc(/C=C/CN4CCOCC4)cc23)ccc1O. The van der Waals surface area contributed by atoms with E-state index in [1.54, 1.807) is 18.2 Å². The van der Waals surface area contributed by atoms with Crippen molar-refractivity contribution in [2.24, 2.45) is 0 Å². The van der Waals surface area contributed by atoms with Crippen molar-refractivity contribution in [3.63, 3.8) is 0 Å². The zero-order chi connectivity index (χ0) is 20.6. The van der Waals surface area contributed by atoms with Crippen molar-refractivity contribution in [2.45, 2.75) is 13.8 Å². The molecule has 0 bridgehead atoms. The number of morpholine rings is 1. The van der Waals surface area contributed by atoms with Gasteiger partial charge in [0.05, 0.1) is 18.8 Å². The van der Waals surface area contributed by atoms with Crippen molar-refractivity contribution in [3.05, 3.63) is 53.9 Å². The van der Waals surface area contributed by atoms with Crippen LogP contribution in [0.3, 0.4) is 0 Å². The third-order valence-corrected chi connectivity index (χ3v) is 4.76. The lowest BCUT2D eigenvalue weighted by atomic mass is 10.0. The molecule has 1 aromatic carbocycles. The van der Waals surface area contributed by atoms with Gasteiger partial charge in [-0.05, 0) is 29.3 Å². The molecule has 6 nitrogen and oxygen atoms in total. The van der Waals surface area contributed by atoms with Gasteiger partial charge in [-0.25, -0.2) is 4.98 Å². The summed E-state index contributed by atoms with van der Waals surface area (Å²) in [6.07, 6.45) is 7.95. The summed E-state index contributed by atoms with van der Waals surface area (Å²) in [6.45, 7) is 8.42. The van der Waals surface area contributed by atoms with Crippen LogP contribution in [0.25, 0.3) is 28.2 Å². The first-order chi connectivity index (χ1) is 14.2. The van der Waals surface area contributed by atoms with E-state index in [4.69, 9.17) is 10.00 Å². The Morgan fingerprint density at radius 1 is 1.28 bits per heavy atom. The molecule has 0 saturated carbocycles. The summed E-state index contributed by atoms with van der Waals surface area (Å²) in [5.41, 5.74) is 3.90. The standard InChI is InChI=1S/C21H20N4O2.C2H6/c22-12-17-11-16(3-4-20(17)26)19-14-24-21-18(19)10-15(13-23-21)2-1-5-25-6-8-27-9-7-25;1-2/h1-4,10-11,13-14,26H,5-9H2,(H,23,24);1-2H3/b2-1+;. The minimum atomic E-state index is -0.00838. The highest BCUT2D eigenvalue weighted by Gasteiger charge is 2.11. The average molecular weight is 390 g/mol. The minimum absolute atomic E-state index is 0.00838. The van der Waals surface area contributed by atoms with Gasteiger partial charge in [0.1, 0.15) is 17.5 Å². The van der Waals surface area contributed by atoms with E-state index >= 15 is 0 Å². The molecule has 1 aliphatic heterocycles. The highest BCUT2D eigenvalue weighted by atomic mass is 16.5. The second-order valence-electron chi connectivity index (χ2n) is 6.53. The number of hydrogen-bond donors (Lipinski definition) is 2. The Morgan fingerprint density at radius 3 is 2.83 bits per heavy atom. The number of nitriles is 1. The van der Waals surface area contributed by atoms with Gasteiger partial charge in [0, 0.05) is 43.0 Å². The van der Waals surface area contributed by atoms with Gasteiger partial charge in [-0.3, -0.25) is 4.90 Å². The maximum Gasteiger partial charge on any atom is 0.137 e. The number of aromatic nitrogens is 2. The van der Waals surface area contributed by atoms with Crippen LogP contribution in [0.1, 0.15) is 25.0 Å². The fourth-order valence-corrected chi connectivity index (χ4v) is 3.26. The molecule has 4 rings (SSSR count). The summed E-state index contributed by atoms with van der Waals surface area (Å²) in [7, 11) is 0. The van der Waals surface area contributed by atoms with E-state index < -0.39 is 0 Å². The highest BCUT2D eigenvalue weighted by molar-refractivity contribution is 5.94. The maximum absolute atomic E-state index is 9.73. The van der Waals surface area contributed by atoms with Crippen molar-refractivity contribution in [1.29, 1.82) is 5.26 Å². The zero-order valence-electron chi connectivity index (χ0n) is 16.9. The van der Waals surface area contributed by atoms with E-state index in [0.29, 0.717) is 0 Å². The lowest BCUT2D eigenvalue weighted by Crippen LogP contribution is -2.36. The molecule has 1 aliphatic rings. The average Bonchev–Trinajstić information content (AvgIpc) is 3.20. The molecule has 6 heteroatoms. The molecule has 0 spiro atoms. The molecule has 0 radical (unpaired) electrons. The van der Waals surface area contributed by atoms with Gasteiger partial charge < -0.3 is 14.8 Å². The number of aromatic amines is 1. The molecular weight excluding hydrogens is 364 g/mol. The second-order valence-corrected chi connectivity index (χ2v) is 6.53. The first kappa shape index (κ1) is 20.6. The van der Waals surface area contributed by atoms with Gasteiger partial charge >= 0.3 is 0 Å². The number of benzene rings is 1. The number of aromatic hydroxyl groups is 1. The number of ether oxygens (including phenoxy) is 1. The van der Waals surface area contributed by atoms with Gasteiger partial charge in [0.15, 0.2) is 0 Å². The van der Waals surface area contributed by atoms with E-state index in [9.17, 15) is 5.11 Å². The van der Waals surface area contributed by atoms with Crippen LogP contribution in [0.5, 0.6) is 5.75 Å². The first-order valence-electron chi connectivity index (χ1n) is 9.92. The quantitative estimate of drug-likeness (QED) is 0.698. The Labute approximate surface area is 171 Å². The number of H-pyrrole nitrogens is 1. The van der Waals surface area contributed by atoms with Crippen LogP contribution in [0, 0.1) is 11.3 Å². The highest BCUT2D eigenvalue weighted by Crippen LogP contribution is 2.31. The molecule has 2 aromatic heterocycles. The third kappa shape index (κ3) is 4.83. The third-order valence-electron chi connectivity index (χ3n) is 4.76. The monoisotopic (exact) mass is 390 g/mol. The zero-order valence-corrected chi connectivity index (χ0v) is 16.9. The number of fused-ring (bicyclic) bond motifs is 1. The largest absolute Gasteiger partial charge is 0.507 e. The molecule has 29 heavy (non-hydrogen) atoms. The summed E-state index contributed by atoms with van der Waals surface area (Å²) in [5, 5.41) is 19.9. The molecule has 0 unspecified atom stereocenters. The molecule has 0 atom stereocenters. The van der Waals surface area contributed by atoms with E-state index in [0.717, 1.165) is 60.6 Å². The van der Waals surface area contributed by atoms with Gasteiger partial charge in [-0.15, -0.1) is 0 Å². The Hall–Kier alpha value is -3.14. The maximum atomic E-state index is 9.73. The van der Waals surface area contributed by atoms with Gasteiger partial charge in [-0.2, -0.15) is 5.26 Å². The lowest BCUT2D eigenvalue weighted by Gasteiger charge is -2.25. The number of hydrogen-bond acceptors (Lipinski definition) is 5. The summed E-state index contributed by atoms with van der Waals surface area (Å²) >= 11 is 0. The predicted molar refractivity (Wildman–Crippen MR) is 116 cm³/mol. The molecule has 1 saturated heterocycles. The second kappa shape index (κ2) is 9.87. The molecule has 0 amide bonds. The van der Waals surface area contributed by atoms with Crippen molar-refractivity contribution in [1.82, 2.24) is 14.9 Å². The van der Waals surface area contributed by atoms with Gasteiger partial charge in [-0.1, -0.05) is 32.1 Å². The molecule has 3 aromatic rings. The van der Waals surface area contributed by atoms with E-state index in [1.807, 2.05) is 32.3 Å². The van der Waals surface area contributed by atoms with Crippen LogP contribution in [0.15, 0.2) is 42.7 Å². The van der Waals surface area contributed by atoms with Crippen LogP contribution in [-0.2, 0) is 4.74 Å². The lowest BCUT2D eigenvalue weighted by molar-refractivity contribution is 0.0435. The van der Waals surface area contributed by atoms with E-state index in [1.165, 1.54) is 0 Å². The Morgan fingerprint density at radius 2 is 2.07 bits per heavy atom. The first-order valence-corrected chi connectivity index (χ1v) is 9.92. The summed E-state index contributed by atoms with van der Waals surface area (Å²) < 4.78 is 5.37. The Kier molecular flexibility index (Phi) is 7.01. The Bertz CT molecular complexity index is 1030. The fourth-order valence-electron chi connectivity index (χ4n) is 3.26. The van der Waals surface area contributed by atoms with Crippen LogP contribution >= 0.6 is 0 Å².